The van der Waals surface area contributed by atoms with Gasteiger partial charge in [-0.1, -0.05) is 36.4 Å². The van der Waals surface area contributed by atoms with E-state index in [0.717, 1.165) is 34.1 Å². The van der Waals surface area contributed by atoms with Crippen LogP contribution in [0, 0.1) is 0 Å². The molecule has 0 saturated carbocycles. The van der Waals surface area contributed by atoms with Crippen LogP contribution in [0.4, 0.5) is 0 Å². The van der Waals surface area contributed by atoms with Gasteiger partial charge in [-0.3, -0.25) is 0 Å². The van der Waals surface area contributed by atoms with Crippen LogP contribution in [0.2, 0.25) is 0 Å². The van der Waals surface area contributed by atoms with Crippen LogP contribution in [0.25, 0.3) is 21.8 Å². The number of phenols is 1. The summed E-state index contributed by atoms with van der Waals surface area (Å²) in [6.45, 7) is 0.747. The first-order valence-corrected chi connectivity index (χ1v) is 7.60. The van der Waals surface area contributed by atoms with Gasteiger partial charge in [-0.05, 0) is 29.8 Å². The van der Waals surface area contributed by atoms with E-state index in [4.69, 9.17) is 4.74 Å². The normalized spacial score (nSPS) is 11.2. The highest BCUT2D eigenvalue weighted by molar-refractivity contribution is 6.11. The van der Waals surface area contributed by atoms with Crippen molar-refractivity contribution in [2.24, 2.45) is 0 Å². The number of nitrogens with zero attached hydrogens (tertiary/aromatic N) is 1. The highest BCUT2D eigenvalue weighted by Gasteiger charge is 2.14. The van der Waals surface area contributed by atoms with Gasteiger partial charge in [0.25, 0.3) is 0 Å². The minimum Gasteiger partial charge on any atom is -0.507 e. The second kappa shape index (κ2) is 5.36. The number of hydrogen-bond donors (Lipinski definition) is 1. The summed E-state index contributed by atoms with van der Waals surface area (Å²) in [7, 11) is 1.67. The first kappa shape index (κ1) is 13.7. The molecule has 0 atom stereocenters. The molecule has 0 radical (unpaired) electrons. The van der Waals surface area contributed by atoms with E-state index >= 15 is 0 Å². The summed E-state index contributed by atoms with van der Waals surface area (Å²) >= 11 is 0. The maximum atomic E-state index is 10.3. The van der Waals surface area contributed by atoms with E-state index in [1.807, 2.05) is 48.5 Å². The maximum Gasteiger partial charge on any atom is 0.125 e. The van der Waals surface area contributed by atoms with Gasteiger partial charge in [-0.2, -0.15) is 0 Å². The molecule has 4 rings (SSSR count). The van der Waals surface area contributed by atoms with Gasteiger partial charge in [0.05, 0.1) is 18.1 Å². The van der Waals surface area contributed by atoms with Crippen LogP contribution in [0.1, 0.15) is 5.56 Å². The lowest BCUT2D eigenvalue weighted by Crippen LogP contribution is -1.99. The van der Waals surface area contributed by atoms with Crippen molar-refractivity contribution < 1.29 is 9.84 Å². The fourth-order valence-electron chi connectivity index (χ4n) is 3.17. The van der Waals surface area contributed by atoms with Crippen molar-refractivity contribution >= 4 is 21.8 Å². The van der Waals surface area contributed by atoms with Gasteiger partial charge in [-0.15, -0.1) is 0 Å². The number of rotatable bonds is 3. The zero-order valence-corrected chi connectivity index (χ0v) is 12.9. The summed E-state index contributed by atoms with van der Waals surface area (Å²) in [6.07, 6.45) is 0. The van der Waals surface area contributed by atoms with Crippen LogP contribution in [0.3, 0.4) is 0 Å². The highest BCUT2D eigenvalue weighted by Crippen LogP contribution is 2.36. The van der Waals surface area contributed by atoms with Crippen LogP contribution < -0.4 is 4.74 Å². The molecule has 0 amide bonds. The number of aromatic hydroxyl groups is 1. The molecule has 0 saturated heterocycles. The predicted octanol–water partition coefficient (Wildman–Crippen LogP) is 4.56. The topological polar surface area (TPSA) is 34.4 Å². The fourth-order valence-corrected chi connectivity index (χ4v) is 3.17. The smallest absolute Gasteiger partial charge is 0.125 e. The summed E-state index contributed by atoms with van der Waals surface area (Å²) in [5.41, 5.74) is 3.30. The average molecular weight is 303 g/mol. The van der Waals surface area contributed by atoms with E-state index in [1.165, 1.54) is 5.56 Å². The van der Waals surface area contributed by atoms with Crippen molar-refractivity contribution in [3.63, 3.8) is 0 Å². The third-order valence-corrected chi connectivity index (χ3v) is 4.26. The molecule has 1 heterocycles. The van der Waals surface area contributed by atoms with E-state index in [1.54, 1.807) is 13.2 Å². The first-order chi connectivity index (χ1) is 11.3. The third kappa shape index (κ3) is 2.21. The SMILES string of the molecule is COc1ccc2c3c(O)cccc3n(Cc3ccccc3)c2c1. The van der Waals surface area contributed by atoms with Crippen molar-refractivity contribution in [1.82, 2.24) is 4.57 Å². The highest BCUT2D eigenvalue weighted by atomic mass is 16.5. The Labute approximate surface area is 134 Å². The molecular formula is C20H17NO2. The van der Waals surface area contributed by atoms with Gasteiger partial charge in [0.1, 0.15) is 11.5 Å². The number of methoxy groups -OCH3 is 1. The van der Waals surface area contributed by atoms with Gasteiger partial charge in [0, 0.05) is 23.4 Å². The quantitative estimate of drug-likeness (QED) is 0.602. The summed E-state index contributed by atoms with van der Waals surface area (Å²) in [4.78, 5) is 0. The number of fused-ring (bicyclic) bond motifs is 3. The Balaban J connectivity index is 2.04. The minimum absolute atomic E-state index is 0.310. The van der Waals surface area contributed by atoms with Crippen LogP contribution in [0.5, 0.6) is 11.5 Å². The summed E-state index contributed by atoms with van der Waals surface area (Å²) in [5.74, 6) is 1.12. The van der Waals surface area contributed by atoms with Crippen LogP contribution in [-0.2, 0) is 6.54 Å². The Kier molecular flexibility index (Phi) is 3.19. The molecule has 4 aromatic rings. The third-order valence-electron chi connectivity index (χ3n) is 4.26. The lowest BCUT2D eigenvalue weighted by molar-refractivity contribution is 0.415. The first-order valence-electron chi connectivity index (χ1n) is 7.60. The summed E-state index contributed by atoms with van der Waals surface area (Å²) in [5, 5.41) is 12.3. The van der Waals surface area contributed by atoms with E-state index in [2.05, 4.69) is 16.7 Å². The van der Waals surface area contributed by atoms with Gasteiger partial charge in [0.15, 0.2) is 0 Å². The molecule has 1 N–H and O–H groups in total. The van der Waals surface area contributed by atoms with Crippen molar-refractivity contribution in [1.29, 1.82) is 0 Å². The van der Waals surface area contributed by atoms with Crippen LogP contribution >= 0.6 is 0 Å². The lowest BCUT2D eigenvalue weighted by Gasteiger charge is -2.08. The molecule has 1 aromatic heterocycles. The Morgan fingerprint density at radius 1 is 0.913 bits per heavy atom. The molecule has 0 aliphatic carbocycles. The molecule has 0 aliphatic rings. The Morgan fingerprint density at radius 3 is 2.52 bits per heavy atom. The molecule has 0 fully saturated rings. The Bertz CT molecular complexity index is 987. The number of aromatic nitrogens is 1. The maximum absolute atomic E-state index is 10.3. The minimum atomic E-state index is 0.310. The van der Waals surface area contributed by atoms with E-state index in [9.17, 15) is 5.11 Å². The van der Waals surface area contributed by atoms with Gasteiger partial charge in [-0.25, -0.2) is 0 Å². The van der Waals surface area contributed by atoms with Crippen LogP contribution in [-0.4, -0.2) is 16.8 Å². The molecule has 0 bridgehead atoms. The zero-order chi connectivity index (χ0) is 15.8. The molecule has 0 spiro atoms. The zero-order valence-electron chi connectivity index (χ0n) is 12.9. The Morgan fingerprint density at radius 2 is 1.74 bits per heavy atom. The van der Waals surface area contributed by atoms with Crippen molar-refractivity contribution in [3.05, 3.63) is 72.3 Å². The Hall–Kier alpha value is -2.94. The lowest BCUT2D eigenvalue weighted by atomic mass is 10.1. The molecular weight excluding hydrogens is 286 g/mol. The number of hydrogen-bond acceptors (Lipinski definition) is 2. The molecule has 3 nitrogen and oxygen atoms in total. The number of benzene rings is 3. The van der Waals surface area contributed by atoms with Crippen LogP contribution in [0.15, 0.2) is 66.7 Å². The van der Waals surface area contributed by atoms with Crippen molar-refractivity contribution in [3.8, 4) is 11.5 Å². The fraction of sp³-hybridized carbons (Fsp3) is 0.100. The van der Waals surface area contributed by atoms with E-state index in [-0.39, 0.29) is 0 Å². The molecule has 3 heteroatoms. The summed E-state index contributed by atoms with van der Waals surface area (Å²) in [6, 6.07) is 22.0. The second-order valence-corrected chi connectivity index (χ2v) is 5.63. The molecule has 23 heavy (non-hydrogen) atoms. The predicted molar refractivity (Wildman–Crippen MR) is 93.2 cm³/mol. The van der Waals surface area contributed by atoms with Gasteiger partial charge >= 0.3 is 0 Å². The van der Waals surface area contributed by atoms with Gasteiger partial charge < -0.3 is 14.4 Å². The largest absolute Gasteiger partial charge is 0.507 e. The molecule has 114 valence electrons. The number of ether oxygens (including phenoxy) is 1. The average Bonchev–Trinajstić information content (AvgIpc) is 2.90. The van der Waals surface area contributed by atoms with E-state index in [0.29, 0.717) is 5.75 Å². The van der Waals surface area contributed by atoms with Crippen molar-refractivity contribution in [2.75, 3.05) is 7.11 Å². The number of phenolic OH excluding ortho intramolecular Hbond substituents is 1. The standard InChI is InChI=1S/C20H17NO2/c1-23-15-10-11-16-18(12-15)21(13-14-6-3-2-4-7-14)17-8-5-9-19(22)20(16)17/h2-12,22H,13H2,1H3. The second-order valence-electron chi connectivity index (χ2n) is 5.63. The van der Waals surface area contributed by atoms with Gasteiger partial charge in [0.2, 0.25) is 0 Å². The molecule has 0 unspecified atom stereocenters. The monoisotopic (exact) mass is 303 g/mol. The molecule has 3 aromatic carbocycles. The van der Waals surface area contributed by atoms with E-state index < -0.39 is 0 Å². The summed E-state index contributed by atoms with van der Waals surface area (Å²) < 4.78 is 7.60. The van der Waals surface area contributed by atoms with Crippen molar-refractivity contribution in [2.45, 2.75) is 6.54 Å². The molecule has 0 aliphatic heterocycles.